The first-order valence-electron chi connectivity index (χ1n) is 5.99. The zero-order chi connectivity index (χ0) is 14.5. The lowest BCUT2D eigenvalue weighted by Gasteiger charge is -2.21. The molecule has 19 heavy (non-hydrogen) atoms. The molecule has 0 spiro atoms. The van der Waals surface area contributed by atoms with Crippen LogP contribution in [0.25, 0.3) is 0 Å². The Kier molecular flexibility index (Phi) is 5.60. The number of alkyl halides is 4. The van der Waals surface area contributed by atoms with Crippen molar-refractivity contribution >= 4 is 0 Å². The molecule has 0 radical (unpaired) electrons. The van der Waals surface area contributed by atoms with Gasteiger partial charge in [0.05, 0.1) is 13.2 Å². The molecule has 0 aromatic heterocycles. The topological polar surface area (TPSA) is 21.3 Å². The van der Waals surface area contributed by atoms with E-state index in [1.165, 1.54) is 0 Å². The van der Waals surface area contributed by atoms with Gasteiger partial charge in [-0.3, -0.25) is 0 Å². The number of rotatable bonds is 7. The first kappa shape index (κ1) is 15.8. The Labute approximate surface area is 109 Å². The zero-order valence-electron chi connectivity index (χ0n) is 10.8. The van der Waals surface area contributed by atoms with E-state index in [9.17, 15) is 17.6 Å². The van der Waals surface area contributed by atoms with Gasteiger partial charge >= 0.3 is 12.3 Å². The van der Waals surface area contributed by atoms with Crippen molar-refractivity contribution < 1.29 is 22.3 Å². The van der Waals surface area contributed by atoms with Gasteiger partial charge in [-0.15, -0.1) is 0 Å². The molecule has 0 saturated heterocycles. The number of ether oxygens (including phenoxy) is 1. The molecule has 0 bridgehead atoms. The maximum absolute atomic E-state index is 12.8. The van der Waals surface area contributed by atoms with Crippen LogP contribution in [0, 0.1) is 0 Å². The average molecular weight is 279 g/mol. The van der Waals surface area contributed by atoms with Crippen LogP contribution in [0.5, 0.6) is 5.75 Å². The first-order valence-corrected chi connectivity index (χ1v) is 5.99. The Hall–Kier alpha value is -1.30. The predicted octanol–water partition coefficient (Wildman–Crippen LogP) is 3.64. The van der Waals surface area contributed by atoms with Crippen LogP contribution in [-0.2, 0) is 0 Å². The van der Waals surface area contributed by atoms with Crippen LogP contribution in [0.2, 0.25) is 0 Å². The summed E-state index contributed by atoms with van der Waals surface area (Å²) in [6.45, 7) is 2.79. The molecule has 0 saturated carbocycles. The van der Waals surface area contributed by atoms with Crippen molar-refractivity contribution in [1.29, 1.82) is 0 Å². The van der Waals surface area contributed by atoms with E-state index in [0.717, 1.165) is 0 Å². The van der Waals surface area contributed by atoms with Gasteiger partial charge in [0.15, 0.2) is 0 Å². The van der Waals surface area contributed by atoms with Gasteiger partial charge in [-0.2, -0.15) is 8.78 Å². The number of hydrogen-bond acceptors (Lipinski definition) is 2. The van der Waals surface area contributed by atoms with Gasteiger partial charge in [-0.1, -0.05) is 18.2 Å². The fourth-order valence-electron chi connectivity index (χ4n) is 1.60. The van der Waals surface area contributed by atoms with Crippen molar-refractivity contribution in [1.82, 2.24) is 5.32 Å². The molecule has 1 aromatic rings. The minimum absolute atomic E-state index is 0.441. The van der Waals surface area contributed by atoms with Gasteiger partial charge in [0.2, 0.25) is 0 Å². The standard InChI is InChI=1S/C13H17F4NO/c1-3-19-11-7-5-4-6-10(11)9(2)18-8-13(16,17)12(14)15/h4-7,9,12,18H,3,8H2,1-2H3. The lowest BCUT2D eigenvalue weighted by molar-refractivity contribution is -0.126. The van der Waals surface area contributed by atoms with E-state index in [2.05, 4.69) is 5.32 Å². The zero-order valence-corrected chi connectivity index (χ0v) is 10.8. The molecular weight excluding hydrogens is 262 g/mol. The summed E-state index contributed by atoms with van der Waals surface area (Å²) in [6.07, 6.45) is -3.67. The van der Waals surface area contributed by atoms with Gasteiger partial charge in [0.25, 0.3) is 0 Å². The first-order chi connectivity index (χ1) is 8.88. The highest BCUT2D eigenvalue weighted by Gasteiger charge is 2.40. The van der Waals surface area contributed by atoms with Crippen LogP contribution in [0.15, 0.2) is 24.3 Å². The Bertz CT molecular complexity index is 398. The van der Waals surface area contributed by atoms with Crippen molar-refractivity contribution in [2.24, 2.45) is 0 Å². The summed E-state index contributed by atoms with van der Waals surface area (Å²) in [5.74, 6) is -3.47. The smallest absolute Gasteiger partial charge is 0.319 e. The molecule has 0 amide bonds. The highest BCUT2D eigenvalue weighted by molar-refractivity contribution is 5.35. The summed E-state index contributed by atoms with van der Waals surface area (Å²) in [7, 11) is 0. The van der Waals surface area contributed by atoms with Crippen LogP contribution in [0.4, 0.5) is 17.6 Å². The van der Waals surface area contributed by atoms with E-state index in [0.29, 0.717) is 17.9 Å². The van der Waals surface area contributed by atoms with Gasteiger partial charge in [0.1, 0.15) is 5.75 Å². The molecule has 0 fully saturated rings. The molecule has 1 atom stereocenters. The van der Waals surface area contributed by atoms with E-state index in [1.807, 2.05) is 0 Å². The molecule has 1 N–H and O–H groups in total. The summed E-state index contributed by atoms with van der Waals surface area (Å²) >= 11 is 0. The fraction of sp³-hybridized carbons (Fsp3) is 0.538. The molecule has 0 aliphatic heterocycles. The van der Waals surface area contributed by atoms with Crippen molar-refractivity contribution in [3.05, 3.63) is 29.8 Å². The summed E-state index contributed by atoms with van der Waals surface area (Å²) in [5, 5.41) is 2.41. The van der Waals surface area contributed by atoms with Crippen LogP contribution in [0.1, 0.15) is 25.5 Å². The maximum atomic E-state index is 12.8. The second-order valence-electron chi connectivity index (χ2n) is 4.14. The maximum Gasteiger partial charge on any atom is 0.319 e. The second kappa shape index (κ2) is 6.75. The van der Waals surface area contributed by atoms with E-state index >= 15 is 0 Å². The molecule has 108 valence electrons. The minimum Gasteiger partial charge on any atom is -0.494 e. The number of nitrogens with one attached hydrogen (secondary N) is 1. The van der Waals surface area contributed by atoms with E-state index in [1.54, 1.807) is 38.1 Å². The number of halogens is 4. The van der Waals surface area contributed by atoms with E-state index in [-0.39, 0.29) is 0 Å². The van der Waals surface area contributed by atoms with E-state index < -0.39 is 24.9 Å². The molecule has 0 aliphatic carbocycles. The summed E-state index contributed by atoms with van der Waals surface area (Å²) in [4.78, 5) is 0. The Balaban J connectivity index is 2.70. The molecular formula is C13H17F4NO. The van der Waals surface area contributed by atoms with Crippen molar-refractivity contribution in [2.75, 3.05) is 13.2 Å². The summed E-state index contributed by atoms with van der Waals surface area (Å²) < 4.78 is 55.1. The van der Waals surface area contributed by atoms with Gasteiger partial charge < -0.3 is 10.1 Å². The summed E-state index contributed by atoms with van der Waals surface area (Å²) in [5.41, 5.74) is 0.661. The Morgan fingerprint density at radius 1 is 1.26 bits per heavy atom. The highest BCUT2D eigenvalue weighted by Crippen LogP contribution is 2.27. The SMILES string of the molecule is CCOc1ccccc1C(C)NCC(F)(F)C(F)F. The third-order valence-electron chi connectivity index (χ3n) is 2.65. The average Bonchev–Trinajstić information content (AvgIpc) is 2.37. The molecule has 0 heterocycles. The fourth-order valence-corrected chi connectivity index (χ4v) is 1.60. The predicted molar refractivity (Wildman–Crippen MR) is 65.0 cm³/mol. The normalized spacial score (nSPS) is 13.6. The highest BCUT2D eigenvalue weighted by atomic mass is 19.3. The molecule has 6 heteroatoms. The van der Waals surface area contributed by atoms with Gasteiger partial charge in [-0.05, 0) is 19.9 Å². The van der Waals surface area contributed by atoms with Crippen molar-refractivity contribution in [2.45, 2.75) is 32.2 Å². The number of hydrogen-bond donors (Lipinski definition) is 1. The third-order valence-corrected chi connectivity index (χ3v) is 2.65. The molecule has 1 unspecified atom stereocenters. The Morgan fingerprint density at radius 2 is 1.89 bits per heavy atom. The lowest BCUT2D eigenvalue weighted by atomic mass is 10.1. The number of para-hydroxylation sites is 1. The molecule has 0 aliphatic rings. The van der Waals surface area contributed by atoms with Crippen molar-refractivity contribution in [3.63, 3.8) is 0 Å². The van der Waals surface area contributed by atoms with E-state index in [4.69, 9.17) is 4.74 Å². The van der Waals surface area contributed by atoms with Crippen LogP contribution in [0.3, 0.4) is 0 Å². The largest absolute Gasteiger partial charge is 0.494 e. The Morgan fingerprint density at radius 3 is 2.47 bits per heavy atom. The van der Waals surface area contributed by atoms with Crippen LogP contribution in [-0.4, -0.2) is 25.5 Å². The monoisotopic (exact) mass is 279 g/mol. The quantitative estimate of drug-likeness (QED) is 0.769. The van der Waals surface area contributed by atoms with Crippen LogP contribution >= 0.6 is 0 Å². The second-order valence-corrected chi connectivity index (χ2v) is 4.14. The number of benzene rings is 1. The van der Waals surface area contributed by atoms with Gasteiger partial charge in [0, 0.05) is 11.6 Å². The van der Waals surface area contributed by atoms with Crippen LogP contribution < -0.4 is 10.1 Å². The molecule has 1 aromatic carbocycles. The van der Waals surface area contributed by atoms with Crippen molar-refractivity contribution in [3.8, 4) is 5.75 Å². The molecule has 2 nitrogen and oxygen atoms in total. The summed E-state index contributed by atoms with van der Waals surface area (Å²) in [6, 6.07) is 6.41. The van der Waals surface area contributed by atoms with Gasteiger partial charge in [-0.25, -0.2) is 8.78 Å². The third kappa shape index (κ3) is 4.38. The molecule has 1 rings (SSSR count). The lowest BCUT2D eigenvalue weighted by Crippen LogP contribution is -2.39. The minimum atomic E-state index is -4.03.